The number of nitrogens with one attached hydrogen (secondary N) is 1. The summed E-state index contributed by atoms with van der Waals surface area (Å²) in [4.78, 5) is 4.43. The van der Waals surface area contributed by atoms with E-state index >= 15 is 0 Å². The van der Waals surface area contributed by atoms with Crippen molar-refractivity contribution in [2.75, 3.05) is 19.5 Å². The van der Waals surface area contributed by atoms with Crippen molar-refractivity contribution >= 4 is 35.6 Å². The number of hydrogen-bond donors (Lipinski definition) is 2. The van der Waals surface area contributed by atoms with Gasteiger partial charge < -0.3 is 25.3 Å². The highest BCUT2D eigenvalue weighted by Crippen LogP contribution is 2.29. The summed E-state index contributed by atoms with van der Waals surface area (Å²) >= 11 is 0. The molecule has 0 fully saturated rings. The quantitative estimate of drug-likeness (QED) is 0.347. The molecule has 0 bridgehead atoms. The molecule has 0 radical (unpaired) electrons. The normalized spacial score (nSPS) is 11.0. The predicted octanol–water partition coefficient (Wildman–Crippen LogP) is 4.34. The number of aryl methyl sites for hydroxylation is 1. The summed E-state index contributed by atoms with van der Waals surface area (Å²) in [5, 5.41) is 3.06. The van der Waals surface area contributed by atoms with Gasteiger partial charge in [0.2, 0.25) is 0 Å². The van der Waals surface area contributed by atoms with Crippen LogP contribution in [0.3, 0.4) is 0 Å². The van der Waals surface area contributed by atoms with Crippen molar-refractivity contribution in [1.29, 1.82) is 0 Å². The average Bonchev–Trinajstić information content (AvgIpc) is 2.60. The molecule has 2 aromatic rings. The smallest absolute Gasteiger partial charge is 0.193 e. The Labute approximate surface area is 178 Å². The Morgan fingerprint density at radius 1 is 1.07 bits per heavy atom. The third-order valence-corrected chi connectivity index (χ3v) is 3.67. The van der Waals surface area contributed by atoms with Gasteiger partial charge in [0.1, 0.15) is 17.2 Å². The molecule has 0 unspecified atom stereocenters. The molecular formula is C20H28IN3O3. The van der Waals surface area contributed by atoms with E-state index in [9.17, 15) is 0 Å². The average molecular weight is 485 g/mol. The van der Waals surface area contributed by atoms with Crippen LogP contribution in [0.5, 0.6) is 17.2 Å². The Hall–Kier alpha value is -2.16. The lowest BCUT2D eigenvalue weighted by Gasteiger charge is -2.15. The van der Waals surface area contributed by atoms with Gasteiger partial charge in [-0.05, 0) is 44.5 Å². The van der Waals surface area contributed by atoms with E-state index in [4.69, 9.17) is 19.9 Å². The first-order valence-electron chi connectivity index (χ1n) is 8.48. The number of aliphatic imine (C=N–C) groups is 1. The number of hydrogen-bond acceptors (Lipinski definition) is 4. The molecule has 148 valence electrons. The van der Waals surface area contributed by atoms with Crippen molar-refractivity contribution in [2.24, 2.45) is 10.7 Å². The zero-order chi connectivity index (χ0) is 19.1. The zero-order valence-electron chi connectivity index (χ0n) is 16.4. The van der Waals surface area contributed by atoms with Crippen molar-refractivity contribution in [3.05, 3.63) is 47.5 Å². The van der Waals surface area contributed by atoms with E-state index in [0.29, 0.717) is 23.7 Å². The second-order valence-corrected chi connectivity index (χ2v) is 6.17. The summed E-state index contributed by atoms with van der Waals surface area (Å²) in [6.07, 6.45) is 0.0936. The standard InChI is InChI=1S/C20H27N3O3.HI/c1-13(2)26-19-10-14(3)6-7-15(19)12-22-20(21)23-17-11-16(24-4)8-9-18(17)25-5;/h6-11,13H,12H2,1-5H3,(H3,21,22,23);1H. The molecule has 0 atom stereocenters. The van der Waals surface area contributed by atoms with Gasteiger partial charge in [-0.25, -0.2) is 4.99 Å². The summed E-state index contributed by atoms with van der Waals surface area (Å²) in [5.74, 6) is 2.47. The Morgan fingerprint density at radius 2 is 1.81 bits per heavy atom. The van der Waals surface area contributed by atoms with E-state index in [1.807, 2.05) is 51.1 Å². The molecule has 2 aromatic carbocycles. The highest BCUT2D eigenvalue weighted by Gasteiger charge is 2.08. The largest absolute Gasteiger partial charge is 0.497 e. The van der Waals surface area contributed by atoms with Crippen LogP contribution in [0.1, 0.15) is 25.0 Å². The molecule has 0 amide bonds. The summed E-state index contributed by atoms with van der Waals surface area (Å²) < 4.78 is 16.4. The van der Waals surface area contributed by atoms with Crippen molar-refractivity contribution in [3.8, 4) is 17.2 Å². The fourth-order valence-corrected chi connectivity index (χ4v) is 2.42. The minimum Gasteiger partial charge on any atom is -0.497 e. The highest BCUT2D eigenvalue weighted by molar-refractivity contribution is 14.0. The van der Waals surface area contributed by atoms with Crippen molar-refractivity contribution < 1.29 is 14.2 Å². The molecule has 2 rings (SSSR count). The van der Waals surface area contributed by atoms with Crippen LogP contribution in [0.4, 0.5) is 5.69 Å². The van der Waals surface area contributed by atoms with E-state index in [-0.39, 0.29) is 36.0 Å². The molecule has 0 saturated heterocycles. The van der Waals surface area contributed by atoms with Gasteiger partial charge in [0.25, 0.3) is 0 Å². The van der Waals surface area contributed by atoms with Gasteiger partial charge in [0.15, 0.2) is 5.96 Å². The SMILES string of the molecule is COc1ccc(OC)c(NC(N)=NCc2ccc(C)cc2OC(C)C)c1.I. The van der Waals surface area contributed by atoms with Crippen molar-refractivity contribution in [3.63, 3.8) is 0 Å². The molecule has 0 aliphatic carbocycles. The molecule has 6 nitrogen and oxygen atoms in total. The van der Waals surface area contributed by atoms with Crippen LogP contribution in [-0.4, -0.2) is 26.3 Å². The summed E-state index contributed by atoms with van der Waals surface area (Å²) in [5.41, 5.74) is 8.86. The van der Waals surface area contributed by atoms with E-state index in [1.54, 1.807) is 20.3 Å². The lowest BCUT2D eigenvalue weighted by molar-refractivity contribution is 0.240. The van der Waals surface area contributed by atoms with Gasteiger partial charge >= 0.3 is 0 Å². The Kier molecular flexibility index (Phi) is 9.20. The predicted molar refractivity (Wildman–Crippen MR) is 121 cm³/mol. The lowest BCUT2D eigenvalue weighted by Crippen LogP contribution is -2.23. The Bertz CT molecular complexity index is 779. The molecule has 0 aliphatic rings. The number of halogens is 1. The molecule has 7 heteroatoms. The monoisotopic (exact) mass is 485 g/mol. The zero-order valence-corrected chi connectivity index (χ0v) is 18.7. The molecule has 0 aliphatic heterocycles. The number of methoxy groups -OCH3 is 2. The maximum absolute atomic E-state index is 6.05. The number of rotatable bonds is 7. The van der Waals surface area contributed by atoms with Crippen LogP contribution in [0.15, 0.2) is 41.4 Å². The maximum atomic E-state index is 6.05. The van der Waals surface area contributed by atoms with Crippen LogP contribution in [0.25, 0.3) is 0 Å². The molecule has 3 N–H and O–H groups in total. The van der Waals surface area contributed by atoms with Crippen LogP contribution < -0.4 is 25.3 Å². The number of benzene rings is 2. The molecule has 0 saturated carbocycles. The van der Waals surface area contributed by atoms with Crippen LogP contribution in [0, 0.1) is 6.92 Å². The van der Waals surface area contributed by atoms with Gasteiger partial charge in [-0.3, -0.25) is 0 Å². The minimum absolute atomic E-state index is 0. The second-order valence-electron chi connectivity index (χ2n) is 6.17. The number of nitrogens with zero attached hydrogens (tertiary/aromatic N) is 1. The maximum Gasteiger partial charge on any atom is 0.193 e. The molecule has 0 aromatic heterocycles. The summed E-state index contributed by atoms with van der Waals surface area (Å²) in [6, 6.07) is 11.5. The highest BCUT2D eigenvalue weighted by atomic mass is 127. The summed E-state index contributed by atoms with van der Waals surface area (Å²) in [6.45, 7) is 6.44. The van der Waals surface area contributed by atoms with Gasteiger partial charge in [-0.1, -0.05) is 12.1 Å². The number of nitrogens with two attached hydrogens (primary N) is 1. The topological polar surface area (TPSA) is 78.1 Å². The third-order valence-electron chi connectivity index (χ3n) is 3.67. The molecule has 0 spiro atoms. The van der Waals surface area contributed by atoms with Gasteiger partial charge in [-0.15, -0.1) is 24.0 Å². The van der Waals surface area contributed by atoms with Gasteiger partial charge in [0.05, 0.1) is 32.6 Å². The van der Waals surface area contributed by atoms with Crippen molar-refractivity contribution in [2.45, 2.75) is 33.4 Å². The molecule has 27 heavy (non-hydrogen) atoms. The first-order chi connectivity index (χ1) is 12.4. The van der Waals surface area contributed by atoms with Crippen LogP contribution in [-0.2, 0) is 6.54 Å². The number of ether oxygens (including phenoxy) is 3. The van der Waals surface area contributed by atoms with E-state index < -0.39 is 0 Å². The van der Waals surface area contributed by atoms with Crippen LogP contribution in [0.2, 0.25) is 0 Å². The third kappa shape index (κ3) is 6.82. The van der Waals surface area contributed by atoms with Crippen molar-refractivity contribution in [1.82, 2.24) is 0 Å². The van der Waals surface area contributed by atoms with E-state index in [2.05, 4.69) is 10.3 Å². The lowest BCUT2D eigenvalue weighted by atomic mass is 10.1. The van der Waals surface area contributed by atoms with Gasteiger partial charge in [-0.2, -0.15) is 0 Å². The van der Waals surface area contributed by atoms with Crippen LogP contribution >= 0.6 is 24.0 Å². The van der Waals surface area contributed by atoms with Gasteiger partial charge in [0, 0.05) is 11.6 Å². The number of anilines is 1. The fraction of sp³-hybridized carbons (Fsp3) is 0.350. The Balaban J connectivity index is 0.00000364. The minimum atomic E-state index is 0. The molecular weight excluding hydrogens is 457 g/mol. The molecule has 0 heterocycles. The first kappa shape index (κ1) is 22.9. The first-order valence-corrected chi connectivity index (χ1v) is 8.48. The second kappa shape index (κ2) is 10.9. The van der Waals surface area contributed by atoms with E-state index in [0.717, 1.165) is 16.9 Å². The fourth-order valence-electron chi connectivity index (χ4n) is 2.42. The summed E-state index contributed by atoms with van der Waals surface area (Å²) in [7, 11) is 3.21. The Morgan fingerprint density at radius 3 is 2.44 bits per heavy atom. The number of guanidine groups is 1. The van der Waals surface area contributed by atoms with E-state index in [1.165, 1.54) is 0 Å².